The predicted octanol–water partition coefficient (Wildman–Crippen LogP) is 3.69. The van der Waals surface area contributed by atoms with Crippen LogP contribution in [0.1, 0.15) is 32.1 Å². The van der Waals surface area contributed by atoms with E-state index in [0.29, 0.717) is 11.1 Å². The molecule has 0 radical (unpaired) electrons. The third-order valence-corrected chi connectivity index (χ3v) is 4.66. The van der Waals surface area contributed by atoms with E-state index in [1.165, 1.54) is 32.1 Å². The summed E-state index contributed by atoms with van der Waals surface area (Å²) in [6, 6.07) is 6.69. The average molecular weight is 251 g/mol. The molecular formula is C14H19ClN2. The maximum absolute atomic E-state index is 6.12. The van der Waals surface area contributed by atoms with Crippen LogP contribution in [0.2, 0.25) is 5.02 Å². The minimum atomic E-state index is 0.683. The summed E-state index contributed by atoms with van der Waals surface area (Å²) >= 11 is 6.12. The van der Waals surface area contributed by atoms with Crippen LogP contribution in [0.4, 0.5) is 11.4 Å². The van der Waals surface area contributed by atoms with Gasteiger partial charge in [-0.15, -0.1) is 0 Å². The highest BCUT2D eigenvalue weighted by molar-refractivity contribution is 6.33. The number of halogens is 1. The van der Waals surface area contributed by atoms with Crippen LogP contribution in [0.25, 0.3) is 0 Å². The Balaban J connectivity index is 1.94. The highest BCUT2D eigenvalue weighted by Gasteiger charge is 2.35. The normalized spacial score (nSPS) is 28.2. The molecule has 92 valence electrons. The van der Waals surface area contributed by atoms with Crippen LogP contribution in [0, 0.1) is 5.92 Å². The molecule has 1 saturated carbocycles. The number of nitrogens with two attached hydrogens (primary N) is 1. The Bertz CT molecular complexity index is 419. The van der Waals surface area contributed by atoms with Crippen LogP contribution in [-0.2, 0) is 0 Å². The molecule has 2 unspecified atom stereocenters. The van der Waals surface area contributed by atoms with E-state index in [9.17, 15) is 0 Å². The molecule has 0 amide bonds. The molecule has 1 aromatic carbocycles. The number of nitrogens with zero attached hydrogens (tertiary/aromatic N) is 1. The minimum absolute atomic E-state index is 0.683. The zero-order valence-electron chi connectivity index (χ0n) is 10.0. The third kappa shape index (κ3) is 1.89. The second kappa shape index (κ2) is 4.41. The van der Waals surface area contributed by atoms with Gasteiger partial charge in [-0.1, -0.05) is 24.1 Å². The molecule has 1 aromatic rings. The van der Waals surface area contributed by atoms with Gasteiger partial charge in [0.15, 0.2) is 0 Å². The van der Waals surface area contributed by atoms with E-state index >= 15 is 0 Å². The Morgan fingerprint density at radius 2 is 2.00 bits per heavy atom. The Morgan fingerprint density at radius 3 is 2.88 bits per heavy atom. The largest absolute Gasteiger partial charge is 0.396 e. The van der Waals surface area contributed by atoms with Crippen molar-refractivity contribution in [3.8, 4) is 0 Å². The number of rotatable bonds is 1. The highest BCUT2D eigenvalue weighted by Crippen LogP contribution is 2.41. The highest BCUT2D eigenvalue weighted by atomic mass is 35.5. The molecule has 0 spiro atoms. The van der Waals surface area contributed by atoms with E-state index < -0.39 is 0 Å². The van der Waals surface area contributed by atoms with Gasteiger partial charge in [-0.3, -0.25) is 0 Å². The quantitative estimate of drug-likeness (QED) is 0.771. The van der Waals surface area contributed by atoms with Gasteiger partial charge in [0.2, 0.25) is 0 Å². The van der Waals surface area contributed by atoms with Crippen LogP contribution in [0.5, 0.6) is 0 Å². The van der Waals surface area contributed by atoms with Gasteiger partial charge >= 0.3 is 0 Å². The lowest BCUT2D eigenvalue weighted by Gasteiger charge is -2.40. The first kappa shape index (κ1) is 11.2. The first-order valence-electron chi connectivity index (χ1n) is 6.58. The average Bonchev–Trinajstić information content (AvgIpc) is 2.81. The molecule has 0 aromatic heterocycles. The first-order chi connectivity index (χ1) is 8.27. The monoisotopic (exact) mass is 250 g/mol. The lowest BCUT2D eigenvalue weighted by atomic mass is 9.91. The summed E-state index contributed by atoms with van der Waals surface area (Å²) in [6.07, 6.45) is 6.75. The Morgan fingerprint density at radius 1 is 1.18 bits per heavy atom. The molecule has 17 heavy (non-hydrogen) atoms. The van der Waals surface area contributed by atoms with E-state index in [0.717, 1.165) is 23.8 Å². The first-order valence-corrected chi connectivity index (χ1v) is 6.96. The van der Waals surface area contributed by atoms with E-state index in [1.54, 1.807) is 0 Å². The summed E-state index contributed by atoms with van der Waals surface area (Å²) in [7, 11) is 0. The van der Waals surface area contributed by atoms with E-state index in [4.69, 9.17) is 17.3 Å². The molecular weight excluding hydrogens is 232 g/mol. The third-order valence-electron chi connectivity index (χ3n) is 4.33. The number of anilines is 2. The minimum Gasteiger partial charge on any atom is -0.396 e. The van der Waals surface area contributed by atoms with Gasteiger partial charge in [0.25, 0.3) is 0 Å². The number of benzene rings is 1. The van der Waals surface area contributed by atoms with Gasteiger partial charge in [-0.05, 0) is 43.7 Å². The van der Waals surface area contributed by atoms with Crippen molar-refractivity contribution < 1.29 is 0 Å². The van der Waals surface area contributed by atoms with Crippen LogP contribution >= 0.6 is 11.6 Å². The fourth-order valence-corrected chi connectivity index (χ4v) is 3.70. The maximum atomic E-state index is 6.12. The molecule has 2 fully saturated rings. The van der Waals surface area contributed by atoms with Crippen LogP contribution in [0.3, 0.4) is 0 Å². The zero-order valence-corrected chi connectivity index (χ0v) is 10.8. The summed E-state index contributed by atoms with van der Waals surface area (Å²) in [5, 5.41) is 0.683. The lowest BCUT2D eigenvalue weighted by molar-refractivity contribution is 0.363. The molecule has 3 rings (SSSR count). The van der Waals surface area contributed by atoms with Crippen molar-refractivity contribution in [2.75, 3.05) is 17.2 Å². The van der Waals surface area contributed by atoms with Crippen molar-refractivity contribution in [2.45, 2.75) is 38.1 Å². The van der Waals surface area contributed by atoms with Crippen LogP contribution in [0.15, 0.2) is 18.2 Å². The number of para-hydroxylation sites is 1. The molecule has 1 aliphatic heterocycles. The lowest BCUT2D eigenvalue weighted by Crippen LogP contribution is -2.42. The van der Waals surface area contributed by atoms with Crippen molar-refractivity contribution in [1.82, 2.24) is 0 Å². The number of piperidine rings is 1. The fraction of sp³-hybridized carbons (Fsp3) is 0.571. The predicted molar refractivity (Wildman–Crippen MR) is 73.6 cm³/mol. The summed E-state index contributed by atoms with van der Waals surface area (Å²) in [5.41, 5.74) is 8.02. The molecule has 2 atom stereocenters. The molecule has 0 bridgehead atoms. The number of hydrogen-bond acceptors (Lipinski definition) is 2. The van der Waals surface area contributed by atoms with Gasteiger partial charge in [-0.2, -0.15) is 0 Å². The maximum Gasteiger partial charge on any atom is 0.0741 e. The SMILES string of the molecule is Nc1c(Cl)cccc1N1CCCC2CCCC21. The topological polar surface area (TPSA) is 29.3 Å². The van der Waals surface area contributed by atoms with Crippen LogP contribution < -0.4 is 10.6 Å². The van der Waals surface area contributed by atoms with Gasteiger partial charge < -0.3 is 10.6 Å². The Hall–Kier alpha value is -0.890. The summed E-state index contributed by atoms with van der Waals surface area (Å²) in [4.78, 5) is 2.50. The van der Waals surface area contributed by atoms with Gasteiger partial charge in [0.1, 0.15) is 0 Å². The van der Waals surface area contributed by atoms with E-state index in [2.05, 4.69) is 11.0 Å². The molecule has 1 heterocycles. The fourth-order valence-electron chi connectivity index (χ4n) is 3.53. The summed E-state index contributed by atoms with van der Waals surface area (Å²) in [5.74, 6) is 0.877. The molecule has 2 nitrogen and oxygen atoms in total. The Labute approximate surface area is 108 Å². The standard InChI is InChI=1S/C14H19ClN2/c15-11-6-2-8-13(14(11)16)17-9-3-5-10-4-1-7-12(10)17/h2,6,8,10,12H,1,3-5,7,9,16H2. The van der Waals surface area contributed by atoms with E-state index in [-0.39, 0.29) is 0 Å². The summed E-state index contributed by atoms with van der Waals surface area (Å²) < 4.78 is 0. The Kier molecular flexibility index (Phi) is 2.91. The molecule has 1 saturated heterocycles. The second-order valence-corrected chi connectivity index (χ2v) is 5.67. The van der Waals surface area contributed by atoms with Crippen molar-refractivity contribution in [3.63, 3.8) is 0 Å². The van der Waals surface area contributed by atoms with Crippen molar-refractivity contribution in [3.05, 3.63) is 23.2 Å². The van der Waals surface area contributed by atoms with Gasteiger partial charge in [0.05, 0.1) is 16.4 Å². The molecule has 2 aliphatic rings. The van der Waals surface area contributed by atoms with E-state index in [1.807, 2.05) is 12.1 Å². The van der Waals surface area contributed by atoms with Crippen LogP contribution in [-0.4, -0.2) is 12.6 Å². The number of fused-ring (bicyclic) bond motifs is 1. The smallest absolute Gasteiger partial charge is 0.0741 e. The molecule has 1 aliphatic carbocycles. The number of nitrogen functional groups attached to an aromatic ring is 1. The molecule has 2 N–H and O–H groups in total. The second-order valence-electron chi connectivity index (χ2n) is 5.27. The van der Waals surface area contributed by atoms with Crippen molar-refractivity contribution >= 4 is 23.0 Å². The molecule has 3 heteroatoms. The van der Waals surface area contributed by atoms with Crippen molar-refractivity contribution in [1.29, 1.82) is 0 Å². The van der Waals surface area contributed by atoms with Gasteiger partial charge in [0, 0.05) is 12.6 Å². The zero-order chi connectivity index (χ0) is 11.8. The van der Waals surface area contributed by atoms with Crippen molar-refractivity contribution in [2.24, 2.45) is 5.92 Å². The summed E-state index contributed by atoms with van der Waals surface area (Å²) in [6.45, 7) is 1.13. The van der Waals surface area contributed by atoms with Gasteiger partial charge in [-0.25, -0.2) is 0 Å². The number of hydrogen-bond donors (Lipinski definition) is 1.